The summed E-state index contributed by atoms with van der Waals surface area (Å²) in [7, 11) is 0. The van der Waals surface area contributed by atoms with Gasteiger partial charge in [-0.05, 0) is 56.8 Å². The van der Waals surface area contributed by atoms with Gasteiger partial charge in [0.2, 0.25) is 0 Å². The van der Waals surface area contributed by atoms with Crippen LogP contribution in [0.5, 0.6) is 0 Å². The van der Waals surface area contributed by atoms with Crippen LogP contribution >= 0.6 is 0 Å². The van der Waals surface area contributed by atoms with Crippen molar-refractivity contribution in [3.05, 3.63) is 35.4 Å². The Kier molecular flexibility index (Phi) is 4.85. The fourth-order valence-electron chi connectivity index (χ4n) is 1.81. The van der Waals surface area contributed by atoms with Gasteiger partial charge in [-0.25, -0.2) is 8.78 Å². The molecule has 18 heavy (non-hydrogen) atoms. The minimum atomic E-state index is -0.507. The summed E-state index contributed by atoms with van der Waals surface area (Å²) < 4.78 is 26.3. The smallest absolute Gasteiger partial charge is 0.126 e. The van der Waals surface area contributed by atoms with Gasteiger partial charge in [-0.3, -0.25) is 0 Å². The van der Waals surface area contributed by atoms with Crippen LogP contribution < -0.4 is 5.32 Å². The summed E-state index contributed by atoms with van der Waals surface area (Å²) in [6.07, 6.45) is 0. The number of hydrogen-bond donors (Lipinski definition) is 1. The molecule has 0 saturated heterocycles. The molecule has 0 radical (unpaired) electrons. The molecule has 1 aromatic carbocycles. The van der Waals surface area contributed by atoms with Gasteiger partial charge in [0.25, 0.3) is 0 Å². The zero-order chi connectivity index (χ0) is 13.9. The first kappa shape index (κ1) is 15.1. The third-order valence-corrected chi connectivity index (χ3v) is 3.22. The van der Waals surface area contributed by atoms with Crippen LogP contribution in [0.2, 0.25) is 0 Å². The second-order valence-electron chi connectivity index (χ2n) is 6.10. The molecule has 2 atom stereocenters. The number of nitrogens with one attached hydrogen (secondary N) is 1. The molecule has 0 aliphatic rings. The molecule has 2 unspecified atom stereocenters. The molecule has 1 rings (SSSR count). The largest absolute Gasteiger partial charge is 0.312 e. The lowest BCUT2D eigenvalue weighted by Gasteiger charge is -2.27. The Labute approximate surface area is 109 Å². The van der Waals surface area contributed by atoms with Gasteiger partial charge in [-0.15, -0.1) is 0 Å². The van der Waals surface area contributed by atoms with Crippen molar-refractivity contribution in [2.75, 3.05) is 6.54 Å². The molecule has 0 heterocycles. The molecule has 0 bridgehead atoms. The van der Waals surface area contributed by atoms with Gasteiger partial charge in [-0.2, -0.15) is 0 Å². The fraction of sp³-hybridized carbons (Fsp3) is 0.600. The average Bonchev–Trinajstić information content (AvgIpc) is 2.22. The molecule has 3 heteroatoms. The second kappa shape index (κ2) is 5.79. The van der Waals surface area contributed by atoms with E-state index in [-0.39, 0.29) is 11.5 Å². The maximum Gasteiger partial charge on any atom is 0.126 e. The Morgan fingerprint density at radius 2 is 1.56 bits per heavy atom. The van der Waals surface area contributed by atoms with E-state index in [1.54, 1.807) is 0 Å². The van der Waals surface area contributed by atoms with Crippen molar-refractivity contribution in [2.45, 2.75) is 46.1 Å². The summed E-state index contributed by atoms with van der Waals surface area (Å²) in [5, 5.41) is 3.41. The van der Waals surface area contributed by atoms with Crippen LogP contribution in [0.15, 0.2) is 18.2 Å². The van der Waals surface area contributed by atoms with Crippen LogP contribution in [-0.4, -0.2) is 12.1 Å². The van der Waals surface area contributed by atoms with Crippen LogP contribution in [0.25, 0.3) is 0 Å². The standard InChI is InChI=1S/C15H23F2N/c1-10(9-18-15(3,4)5)11(2)12-6-13(16)8-14(17)7-12/h6-8,10-11,18H,9H2,1-5H3. The predicted octanol–water partition coefficient (Wildman–Crippen LogP) is 4.09. The van der Waals surface area contributed by atoms with Crippen molar-refractivity contribution in [2.24, 2.45) is 5.92 Å². The summed E-state index contributed by atoms with van der Waals surface area (Å²) in [6.45, 7) is 11.2. The van der Waals surface area contributed by atoms with E-state index in [0.29, 0.717) is 5.92 Å². The van der Waals surface area contributed by atoms with Gasteiger partial charge in [0.1, 0.15) is 11.6 Å². The Morgan fingerprint density at radius 1 is 1.06 bits per heavy atom. The lowest BCUT2D eigenvalue weighted by molar-refractivity contribution is 0.358. The highest BCUT2D eigenvalue weighted by atomic mass is 19.1. The summed E-state index contributed by atoms with van der Waals surface area (Å²) in [5.41, 5.74) is 0.775. The summed E-state index contributed by atoms with van der Waals surface area (Å²) >= 11 is 0. The maximum absolute atomic E-state index is 13.2. The normalized spacial score (nSPS) is 15.5. The van der Waals surface area contributed by atoms with Crippen LogP contribution in [-0.2, 0) is 0 Å². The Bertz CT molecular complexity index is 376. The minimum Gasteiger partial charge on any atom is -0.312 e. The maximum atomic E-state index is 13.2. The van der Waals surface area contributed by atoms with E-state index >= 15 is 0 Å². The molecule has 0 aromatic heterocycles. The molecule has 102 valence electrons. The van der Waals surface area contributed by atoms with Crippen LogP contribution in [0, 0.1) is 17.6 Å². The molecular weight excluding hydrogens is 232 g/mol. The number of halogens is 2. The number of rotatable bonds is 4. The Balaban J connectivity index is 2.71. The summed E-state index contributed by atoms with van der Waals surface area (Å²) in [5.74, 6) is -0.587. The summed E-state index contributed by atoms with van der Waals surface area (Å²) in [4.78, 5) is 0. The molecule has 1 nitrogen and oxygen atoms in total. The minimum absolute atomic E-state index is 0.0567. The topological polar surface area (TPSA) is 12.0 Å². The van der Waals surface area contributed by atoms with Crippen molar-refractivity contribution in [1.82, 2.24) is 5.32 Å². The van der Waals surface area contributed by atoms with Gasteiger partial charge in [0, 0.05) is 11.6 Å². The zero-order valence-corrected chi connectivity index (χ0v) is 11.8. The van der Waals surface area contributed by atoms with Crippen LogP contribution in [0.1, 0.15) is 46.1 Å². The number of hydrogen-bond acceptors (Lipinski definition) is 1. The van der Waals surface area contributed by atoms with Gasteiger partial charge in [0.05, 0.1) is 0 Å². The SMILES string of the molecule is CC(CNC(C)(C)C)C(C)c1cc(F)cc(F)c1. The van der Waals surface area contributed by atoms with E-state index in [1.807, 2.05) is 6.92 Å². The van der Waals surface area contributed by atoms with Crippen molar-refractivity contribution in [3.63, 3.8) is 0 Å². The van der Waals surface area contributed by atoms with E-state index in [4.69, 9.17) is 0 Å². The lowest BCUT2D eigenvalue weighted by atomic mass is 9.88. The highest BCUT2D eigenvalue weighted by molar-refractivity contribution is 5.22. The first-order valence-electron chi connectivity index (χ1n) is 6.40. The first-order chi connectivity index (χ1) is 8.19. The highest BCUT2D eigenvalue weighted by Gasteiger charge is 2.18. The average molecular weight is 255 g/mol. The number of benzene rings is 1. The van der Waals surface area contributed by atoms with Gasteiger partial charge in [0.15, 0.2) is 0 Å². The van der Waals surface area contributed by atoms with Crippen molar-refractivity contribution < 1.29 is 8.78 Å². The molecular formula is C15H23F2N. The highest BCUT2D eigenvalue weighted by Crippen LogP contribution is 2.25. The Morgan fingerprint density at radius 3 is 2.00 bits per heavy atom. The third kappa shape index (κ3) is 4.73. The first-order valence-corrected chi connectivity index (χ1v) is 6.40. The fourth-order valence-corrected chi connectivity index (χ4v) is 1.81. The Hall–Kier alpha value is -0.960. The molecule has 0 saturated carbocycles. The molecule has 0 spiro atoms. The quantitative estimate of drug-likeness (QED) is 0.854. The van der Waals surface area contributed by atoms with Crippen molar-refractivity contribution in [3.8, 4) is 0 Å². The predicted molar refractivity (Wildman–Crippen MR) is 71.7 cm³/mol. The molecule has 1 aromatic rings. The van der Waals surface area contributed by atoms with Crippen molar-refractivity contribution in [1.29, 1.82) is 0 Å². The van der Waals surface area contributed by atoms with Crippen LogP contribution in [0.3, 0.4) is 0 Å². The molecule has 0 aliphatic carbocycles. The zero-order valence-electron chi connectivity index (χ0n) is 11.8. The van der Waals surface area contributed by atoms with Crippen molar-refractivity contribution >= 4 is 0 Å². The van der Waals surface area contributed by atoms with E-state index in [9.17, 15) is 8.78 Å². The molecule has 0 fully saturated rings. The van der Waals surface area contributed by atoms with E-state index < -0.39 is 11.6 Å². The van der Waals surface area contributed by atoms with E-state index in [0.717, 1.165) is 18.2 Å². The van der Waals surface area contributed by atoms with E-state index in [2.05, 4.69) is 33.0 Å². The van der Waals surface area contributed by atoms with Gasteiger partial charge in [-0.1, -0.05) is 13.8 Å². The summed E-state index contributed by atoms with van der Waals surface area (Å²) in [6, 6.07) is 3.75. The molecule has 0 amide bonds. The molecule has 1 N–H and O–H groups in total. The van der Waals surface area contributed by atoms with E-state index in [1.165, 1.54) is 12.1 Å². The molecule has 0 aliphatic heterocycles. The monoisotopic (exact) mass is 255 g/mol. The lowest BCUT2D eigenvalue weighted by Crippen LogP contribution is -2.39. The van der Waals surface area contributed by atoms with Gasteiger partial charge < -0.3 is 5.32 Å². The third-order valence-electron chi connectivity index (χ3n) is 3.22. The second-order valence-corrected chi connectivity index (χ2v) is 6.10. The van der Waals surface area contributed by atoms with Gasteiger partial charge >= 0.3 is 0 Å². The van der Waals surface area contributed by atoms with Crippen LogP contribution in [0.4, 0.5) is 8.78 Å².